The van der Waals surface area contributed by atoms with E-state index in [0.717, 1.165) is 42.3 Å². The van der Waals surface area contributed by atoms with Crippen LogP contribution in [0, 0.1) is 6.92 Å². The zero-order chi connectivity index (χ0) is 21.0. The molecule has 3 rings (SSSR count). The molecule has 0 saturated carbocycles. The van der Waals surface area contributed by atoms with Crippen molar-refractivity contribution in [3.8, 4) is 0 Å². The molecule has 8 heteroatoms. The lowest BCUT2D eigenvalue weighted by Gasteiger charge is -2.30. The number of likely N-dealkylation sites (tertiary alicyclic amines) is 1. The summed E-state index contributed by atoms with van der Waals surface area (Å²) in [6.07, 6.45) is 5.01. The number of ether oxygens (including phenoxy) is 3. The molecule has 1 fully saturated rings. The number of amides is 1. The minimum atomic E-state index is -0.108. The van der Waals surface area contributed by atoms with E-state index in [1.54, 1.807) is 21.3 Å². The van der Waals surface area contributed by atoms with Crippen LogP contribution in [-0.4, -0.2) is 69.4 Å². The number of carbonyl (C=O) groups is 1. The van der Waals surface area contributed by atoms with Gasteiger partial charge in [0.1, 0.15) is 21.7 Å². The molecule has 1 N–H and O–H groups in total. The molecule has 3 atom stereocenters. The molecular weight excluding hydrogens is 390 g/mol. The van der Waals surface area contributed by atoms with Gasteiger partial charge in [-0.1, -0.05) is 0 Å². The normalized spacial score (nSPS) is 25.3. The number of rotatable bonds is 8. The molecule has 7 nitrogen and oxygen atoms in total. The Bertz CT molecular complexity index is 748. The largest absolute Gasteiger partial charge is 0.497 e. The van der Waals surface area contributed by atoms with E-state index in [1.165, 1.54) is 24.2 Å². The Kier molecular flexibility index (Phi) is 7.54. The first-order valence-electron chi connectivity index (χ1n) is 10.3. The highest BCUT2D eigenvalue weighted by molar-refractivity contribution is 7.13. The number of nitrogens with zero attached hydrogens (tertiary/aromatic N) is 2. The number of hydrogen-bond acceptors (Lipinski definition) is 7. The SMILES string of the molecule is COC1=C(OC)C(c2nc(C)c(C(=O)NCCC3CCCN3C)s2)CCC1OC. The van der Waals surface area contributed by atoms with Gasteiger partial charge < -0.3 is 24.4 Å². The van der Waals surface area contributed by atoms with Gasteiger partial charge in [0.2, 0.25) is 0 Å². The molecule has 29 heavy (non-hydrogen) atoms. The van der Waals surface area contributed by atoms with Gasteiger partial charge in [0.05, 0.1) is 25.8 Å². The Balaban J connectivity index is 1.69. The average molecular weight is 424 g/mol. The lowest BCUT2D eigenvalue weighted by atomic mass is 9.91. The third-order valence-electron chi connectivity index (χ3n) is 6.05. The molecule has 1 aliphatic carbocycles. The maximum atomic E-state index is 12.7. The van der Waals surface area contributed by atoms with Crippen molar-refractivity contribution in [2.24, 2.45) is 0 Å². The highest BCUT2D eigenvalue weighted by atomic mass is 32.1. The Morgan fingerprint density at radius 1 is 1.21 bits per heavy atom. The summed E-state index contributed by atoms with van der Waals surface area (Å²) in [5.41, 5.74) is 0.767. The van der Waals surface area contributed by atoms with Crippen molar-refractivity contribution in [3.63, 3.8) is 0 Å². The van der Waals surface area contributed by atoms with Crippen LogP contribution in [0.2, 0.25) is 0 Å². The minimum absolute atomic E-state index is 0.0151. The van der Waals surface area contributed by atoms with Crippen molar-refractivity contribution in [2.75, 3.05) is 41.5 Å². The fourth-order valence-corrected chi connectivity index (χ4v) is 5.52. The number of nitrogens with one attached hydrogen (secondary N) is 1. The Labute approximate surface area is 177 Å². The van der Waals surface area contributed by atoms with Crippen molar-refractivity contribution in [1.82, 2.24) is 15.2 Å². The zero-order valence-corrected chi connectivity index (χ0v) is 18.9. The molecular formula is C21H33N3O4S. The number of aromatic nitrogens is 1. The van der Waals surface area contributed by atoms with E-state index in [0.29, 0.717) is 23.2 Å². The van der Waals surface area contributed by atoms with Gasteiger partial charge in [-0.15, -0.1) is 11.3 Å². The molecule has 2 aliphatic rings. The van der Waals surface area contributed by atoms with Gasteiger partial charge in [0.25, 0.3) is 5.91 Å². The summed E-state index contributed by atoms with van der Waals surface area (Å²) in [5, 5.41) is 3.97. The van der Waals surface area contributed by atoms with Crippen LogP contribution in [0.4, 0.5) is 0 Å². The summed E-state index contributed by atoms with van der Waals surface area (Å²) in [6, 6.07) is 0.575. The van der Waals surface area contributed by atoms with Crippen molar-refractivity contribution < 1.29 is 19.0 Å². The lowest BCUT2D eigenvalue weighted by molar-refractivity contribution is 0.0431. The van der Waals surface area contributed by atoms with Crippen molar-refractivity contribution in [2.45, 2.75) is 57.1 Å². The van der Waals surface area contributed by atoms with Crippen LogP contribution in [0.1, 0.15) is 58.4 Å². The van der Waals surface area contributed by atoms with Crippen molar-refractivity contribution in [1.29, 1.82) is 0 Å². The fourth-order valence-electron chi connectivity index (χ4n) is 4.40. The van der Waals surface area contributed by atoms with E-state index in [9.17, 15) is 4.79 Å². The molecule has 1 amide bonds. The molecule has 1 aromatic heterocycles. The molecule has 2 heterocycles. The Hall–Kier alpha value is -1.64. The van der Waals surface area contributed by atoms with Crippen molar-refractivity contribution >= 4 is 17.2 Å². The van der Waals surface area contributed by atoms with E-state index in [4.69, 9.17) is 19.2 Å². The van der Waals surface area contributed by atoms with E-state index < -0.39 is 0 Å². The minimum Gasteiger partial charge on any atom is -0.497 e. The molecule has 0 spiro atoms. The molecule has 0 radical (unpaired) electrons. The summed E-state index contributed by atoms with van der Waals surface area (Å²) in [7, 11) is 7.12. The standard InChI is InChI=1S/C21H33N3O4S/c1-13-19(20(25)22-11-10-14-7-6-12-24(14)2)29-21(23-13)15-8-9-16(26-3)18(28-5)17(15)27-4/h14-16H,6-12H2,1-5H3,(H,22,25). The highest BCUT2D eigenvalue weighted by Crippen LogP contribution is 2.41. The van der Waals surface area contributed by atoms with Crippen LogP contribution in [-0.2, 0) is 14.2 Å². The number of allylic oxidation sites excluding steroid dienone is 1. The van der Waals surface area contributed by atoms with E-state index in [1.807, 2.05) is 6.92 Å². The van der Waals surface area contributed by atoms with E-state index >= 15 is 0 Å². The van der Waals surface area contributed by atoms with Crippen LogP contribution >= 0.6 is 11.3 Å². The molecule has 1 saturated heterocycles. The van der Waals surface area contributed by atoms with Crippen LogP contribution in [0.15, 0.2) is 11.5 Å². The van der Waals surface area contributed by atoms with Gasteiger partial charge in [0.15, 0.2) is 5.76 Å². The fraction of sp³-hybridized carbons (Fsp3) is 0.714. The Morgan fingerprint density at radius 3 is 2.59 bits per heavy atom. The average Bonchev–Trinajstić information content (AvgIpc) is 3.31. The van der Waals surface area contributed by atoms with Gasteiger partial charge in [-0.25, -0.2) is 4.98 Å². The van der Waals surface area contributed by atoms with Crippen LogP contribution < -0.4 is 5.32 Å². The predicted octanol–water partition coefficient (Wildman–Crippen LogP) is 3.06. The Morgan fingerprint density at radius 2 is 1.97 bits per heavy atom. The van der Waals surface area contributed by atoms with Gasteiger partial charge in [-0.05, 0) is 52.6 Å². The van der Waals surface area contributed by atoms with Gasteiger partial charge in [-0.3, -0.25) is 4.79 Å². The molecule has 1 aliphatic heterocycles. The quantitative estimate of drug-likeness (QED) is 0.693. The molecule has 1 aromatic rings. The first-order valence-corrected chi connectivity index (χ1v) is 11.1. The van der Waals surface area contributed by atoms with Crippen LogP contribution in [0.3, 0.4) is 0 Å². The second kappa shape index (κ2) is 9.91. The number of carbonyl (C=O) groups excluding carboxylic acids is 1. The molecule has 162 valence electrons. The molecule has 0 bridgehead atoms. The number of hydrogen-bond donors (Lipinski definition) is 1. The van der Waals surface area contributed by atoms with Gasteiger partial charge in [0, 0.05) is 19.7 Å². The van der Waals surface area contributed by atoms with Crippen LogP contribution in [0.25, 0.3) is 0 Å². The summed E-state index contributed by atoms with van der Waals surface area (Å²) in [5.74, 6) is 1.41. The maximum Gasteiger partial charge on any atom is 0.263 e. The third kappa shape index (κ3) is 4.75. The smallest absolute Gasteiger partial charge is 0.263 e. The highest BCUT2D eigenvalue weighted by Gasteiger charge is 2.35. The first kappa shape index (κ1) is 22.1. The number of methoxy groups -OCH3 is 3. The monoisotopic (exact) mass is 423 g/mol. The van der Waals surface area contributed by atoms with Gasteiger partial charge >= 0.3 is 0 Å². The summed E-state index contributed by atoms with van der Waals surface area (Å²) < 4.78 is 16.8. The van der Waals surface area contributed by atoms with Gasteiger partial charge in [-0.2, -0.15) is 0 Å². The van der Waals surface area contributed by atoms with Crippen LogP contribution in [0.5, 0.6) is 0 Å². The number of thiazole rings is 1. The van der Waals surface area contributed by atoms with E-state index in [2.05, 4.69) is 17.3 Å². The van der Waals surface area contributed by atoms with Crippen molar-refractivity contribution in [3.05, 3.63) is 27.1 Å². The lowest BCUT2D eigenvalue weighted by Crippen LogP contribution is -2.31. The first-order chi connectivity index (χ1) is 14.0. The second-order valence-electron chi connectivity index (χ2n) is 7.78. The summed E-state index contributed by atoms with van der Waals surface area (Å²) in [6.45, 7) is 3.74. The molecule has 0 aromatic carbocycles. The summed E-state index contributed by atoms with van der Waals surface area (Å²) in [4.78, 5) is 20.5. The number of aryl methyl sites for hydroxylation is 1. The van der Waals surface area contributed by atoms with E-state index in [-0.39, 0.29) is 17.9 Å². The second-order valence-corrected chi connectivity index (χ2v) is 8.81. The summed E-state index contributed by atoms with van der Waals surface area (Å²) >= 11 is 1.45. The zero-order valence-electron chi connectivity index (χ0n) is 18.1. The topological polar surface area (TPSA) is 72.9 Å². The third-order valence-corrected chi connectivity index (χ3v) is 7.32. The maximum absolute atomic E-state index is 12.7. The predicted molar refractivity (Wildman–Crippen MR) is 113 cm³/mol. The molecule has 3 unspecified atom stereocenters.